The summed E-state index contributed by atoms with van der Waals surface area (Å²) < 4.78 is 65.3. The van der Waals surface area contributed by atoms with Crippen molar-refractivity contribution in [2.24, 2.45) is 0 Å². The Kier molecular flexibility index (Phi) is 4.31. The van der Waals surface area contributed by atoms with E-state index in [9.17, 15) is 26.7 Å². The predicted molar refractivity (Wildman–Crippen MR) is 56.0 cm³/mol. The second-order valence-electron chi connectivity index (χ2n) is 3.30. The van der Waals surface area contributed by atoms with Gasteiger partial charge >= 0.3 is 12.1 Å². The number of hydrogen-bond donors (Lipinski definition) is 0. The average molecular weight is 333 g/mol. The fourth-order valence-corrected chi connectivity index (χ4v) is 1.47. The van der Waals surface area contributed by atoms with E-state index in [1.165, 1.54) is 12.1 Å². The minimum absolute atomic E-state index is 0.116. The molecule has 0 aliphatic heterocycles. The Bertz CT molecular complexity index is 444. The molecule has 18 heavy (non-hydrogen) atoms. The fraction of sp³-hybridized carbons (Fsp3) is 0.300. The second kappa shape index (κ2) is 5.21. The van der Waals surface area contributed by atoms with Crippen LogP contribution in [-0.2, 0) is 0 Å². The molecule has 1 aromatic carbocycles. The largest absolute Gasteiger partial charge is 0.486 e. The van der Waals surface area contributed by atoms with Gasteiger partial charge in [-0.15, -0.1) is 0 Å². The molecule has 0 amide bonds. The molecule has 1 aromatic rings. The first-order valence-electron chi connectivity index (χ1n) is 4.49. The third-order valence-electron chi connectivity index (χ3n) is 1.92. The van der Waals surface area contributed by atoms with Crippen molar-refractivity contribution in [3.8, 4) is 5.75 Å². The van der Waals surface area contributed by atoms with Crippen molar-refractivity contribution in [2.75, 3.05) is 6.61 Å². The lowest BCUT2D eigenvalue weighted by Gasteiger charge is -2.20. The van der Waals surface area contributed by atoms with Gasteiger partial charge in [-0.25, -0.2) is 0 Å². The van der Waals surface area contributed by atoms with Crippen molar-refractivity contribution in [3.05, 3.63) is 28.2 Å². The van der Waals surface area contributed by atoms with Crippen LogP contribution in [0.25, 0.3) is 0 Å². The summed E-state index contributed by atoms with van der Waals surface area (Å²) in [5.41, 5.74) is 0.233. The normalized spacial score (nSPS) is 12.3. The quantitative estimate of drug-likeness (QED) is 0.618. The number of halogens is 6. The average Bonchev–Trinajstić information content (AvgIpc) is 2.25. The van der Waals surface area contributed by atoms with Crippen LogP contribution in [0.5, 0.6) is 5.75 Å². The van der Waals surface area contributed by atoms with E-state index in [0.717, 1.165) is 6.07 Å². The van der Waals surface area contributed by atoms with Crippen molar-refractivity contribution in [1.82, 2.24) is 0 Å². The zero-order valence-corrected chi connectivity index (χ0v) is 10.2. The molecule has 0 aromatic heterocycles. The van der Waals surface area contributed by atoms with Crippen molar-refractivity contribution in [3.63, 3.8) is 0 Å². The lowest BCUT2D eigenvalue weighted by molar-refractivity contribution is -0.290. The number of carbonyl (C=O) groups is 1. The molecule has 0 atom stereocenters. The molecule has 0 heterocycles. The Labute approximate surface area is 107 Å². The maximum Gasteiger partial charge on any atom is 0.456 e. The molecule has 0 spiro atoms. The maximum atomic E-state index is 12.6. The smallest absolute Gasteiger partial charge is 0.456 e. The molecule has 0 aliphatic rings. The first-order valence-corrected chi connectivity index (χ1v) is 5.29. The van der Waals surface area contributed by atoms with E-state index in [1.807, 2.05) is 0 Å². The number of benzene rings is 1. The molecule has 2 nitrogen and oxygen atoms in total. The molecule has 8 heteroatoms. The molecule has 0 fully saturated rings. The van der Waals surface area contributed by atoms with Gasteiger partial charge in [0.2, 0.25) is 0 Å². The topological polar surface area (TPSA) is 26.3 Å². The highest BCUT2D eigenvalue weighted by Crippen LogP contribution is 2.36. The van der Waals surface area contributed by atoms with Crippen LogP contribution < -0.4 is 4.74 Å². The van der Waals surface area contributed by atoms with E-state index in [2.05, 4.69) is 20.7 Å². The van der Waals surface area contributed by atoms with Gasteiger partial charge in [0, 0.05) is 5.56 Å². The van der Waals surface area contributed by atoms with E-state index in [-0.39, 0.29) is 15.8 Å². The molecule has 100 valence electrons. The number of rotatable bonds is 4. The monoisotopic (exact) mass is 332 g/mol. The number of hydrogen-bond acceptors (Lipinski definition) is 2. The maximum absolute atomic E-state index is 12.6. The minimum atomic E-state index is -5.66. The second-order valence-corrected chi connectivity index (χ2v) is 4.15. The molecule has 0 unspecified atom stereocenters. The molecular formula is C10H6BrF5O2. The minimum Gasteiger partial charge on any atom is -0.486 e. The number of aldehydes is 1. The van der Waals surface area contributed by atoms with E-state index >= 15 is 0 Å². The SMILES string of the molecule is O=Cc1ccc(OCC(F)(F)C(F)(F)F)c(Br)c1. The molecule has 0 radical (unpaired) electrons. The molecular weight excluding hydrogens is 327 g/mol. The van der Waals surface area contributed by atoms with Gasteiger partial charge in [-0.1, -0.05) is 0 Å². The Balaban J connectivity index is 2.78. The van der Waals surface area contributed by atoms with E-state index in [4.69, 9.17) is 0 Å². The summed E-state index contributed by atoms with van der Waals surface area (Å²) in [6, 6.07) is 3.60. The van der Waals surface area contributed by atoms with Crippen molar-refractivity contribution in [2.45, 2.75) is 12.1 Å². The van der Waals surface area contributed by atoms with Gasteiger partial charge in [0.15, 0.2) is 6.61 Å². The highest BCUT2D eigenvalue weighted by molar-refractivity contribution is 9.10. The third-order valence-corrected chi connectivity index (χ3v) is 2.54. The number of carbonyl (C=O) groups excluding carboxylic acids is 1. The molecule has 0 bridgehead atoms. The van der Waals surface area contributed by atoms with Gasteiger partial charge in [0.1, 0.15) is 12.0 Å². The van der Waals surface area contributed by atoms with Crippen LogP contribution in [0, 0.1) is 0 Å². The highest BCUT2D eigenvalue weighted by Gasteiger charge is 2.58. The molecule has 0 N–H and O–H groups in total. The van der Waals surface area contributed by atoms with Crippen molar-refractivity contribution >= 4 is 22.2 Å². The first kappa shape index (κ1) is 14.9. The summed E-state index contributed by atoms with van der Waals surface area (Å²) >= 11 is 2.90. The summed E-state index contributed by atoms with van der Waals surface area (Å²) in [5, 5.41) is 0. The van der Waals surface area contributed by atoms with E-state index in [1.54, 1.807) is 0 Å². The van der Waals surface area contributed by atoms with Crippen molar-refractivity contribution in [1.29, 1.82) is 0 Å². The van der Waals surface area contributed by atoms with Crippen LogP contribution in [0.15, 0.2) is 22.7 Å². The van der Waals surface area contributed by atoms with E-state index in [0.29, 0.717) is 6.29 Å². The molecule has 0 saturated heterocycles. The fourth-order valence-electron chi connectivity index (χ4n) is 0.958. The molecule has 0 aliphatic carbocycles. The Morgan fingerprint density at radius 2 is 1.83 bits per heavy atom. The number of ether oxygens (including phenoxy) is 1. The summed E-state index contributed by atoms with van der Waals surface area (Å²) in [6.45, 7) is -1.82. The van der Waals surface area contributed by atoms with Gasteiger partial charge in [-0.3, -0.25) is 4.79 Å². The van der Waals surface area contributed by atoms with Crippen molar-refractivity contribution < 1.29 is 31.5 Å². The highest BCUT2D eigenvalue weighted by atomic mass is 79.9. The third kappa shape index (κ3) is 3.41. The van der Waals surface area contributed by atoms with Crippen LogP contribution in [0.3, 0.4) is 0 Å². The standard InChI is InChI=1S/C10H6BrF5O2/c11-7-3-6(4-17)1-2-8(7)18-5-9(12,13)10(14,15)16/h1-4H,5H2. The van der Waals surface area contributed by atoms with Crippen LogP contribution >= 0.6 is 15.9 Å². The van der Waals surface area contributed by atoms with Crippen LogP contribution in [0.4, 0.5) is 22.0 Å². The predicted octanol–water partition coefficient (Wildman–Crippen LogP) is 3.84. The zero-order chi connectivity index (χ0) is 14.0. The zero-order valence-electron chi connectivity index (χ0n) is 8.60. The first-order chi connectivity index (χ1) is 8.17. The van der Waals surface area contributed by atoms with E-state index < -0.39 is 18.7 Å². The van der Waals surface area contributed by atoms with Gasteiger partial charge in [0.05, 0.1) is 4.47 Å². The Morgan fingerprint density at radius 3 is 2.28 bits per heavy atom. The van der Waals surface area contributed by atoms with Crippen LogP contribution in [-0.4, -0.2) is 25.0 Å². The lowest BCUT2D eigenvalue weighted by atomic mass is 10.2. The molecule has 1 rings (SSSR count). The summed E-state index contributed by atoms with van der Waals surface area (Å²) in [4.78, 5) is 10.4. The Hall–Kier alpha value is -1.18. The van der Waals surface area contributed by atoms with Gasteiger partial charge in [0.25, 0.3) is 0 Å². The summed E-state index contributed by atoms with van der Waals surface area (Å²) in [5.74, 6) is -5.14. The lowest BCUT2D eigenvalue weighted by Crippen LogP contribution is -2.41. The summed E-state index contributed by atoms with van der Waals surface area (Å²) in [6.07, 6.45) is -5.17. The molecule has 0 saturated carbocycles. The number of alkyl halides is 5. The Morgan fingerprint density at radius 1 is 1.22 bits per heavy atom. The van der Waals surface area contributed by atoms with Gasteiger partial charge in [-0.2, -0.15) is 22.0 Å². The van der Waals surface area contributed by atoms with Gasteiger partial charge < -0.3 is 4.74 Å². The van der Waals surface area contributed by atoms with Gasteiger partial charge in [-0.05, 0) is 34.1 Å². The summed E-state index contributed by atoms with van der Waals surface area (Å²) in [7, 11) is 0. The van der Waals surface area contributed by atoms with Crippen LogP contribution in [0.1, 0.15) is 10.4 Å². The van der Waals surface area contributed by atoms with Crippen LogP contribution in [0.2, 0.25) is 0 Å².